The zero-order chi connectivity index (χ0) is 35.3. The maximum absolute atomic E-state index is 12.6. The Bertz CT molecular complexity index is 1110. The van der Waals surface area contributed by atoms with Crippen LogP contribution in [-0.2, 0) is 42.9 Å². The molecule has 0 radical (unpaired) electrons. The van der Waals surface area contributed by atoms with Crippen molar-refractivity contribution in [2.24, 2.45) is 0 Å². The van der Waals surface area contributed by atoms with Gasteiger partial charge in [-0.15, -0.1) is 0 Å². The third-order valence-electron chi connectivity index (χ3n) is 8.26. The molecule has 0 aromatic carbocycles. The SMILES string of the molecule is CCC(C)OC(=O)/C=C/N(/C=C/C(=O)OCCC(C)OC(=O)/C=C/N(/C=C/C(=O)OCCOC)C1CCN(C)CC1)C1CCN(C)CC1. The van der Waals surface area contributed by atoms with Crippen molar-refractivity contribution in [2.75, 3.05) is 67.2 Å². The molecule has 2 aliphatic heterocycles. The monoisotopic (exact) mass is 676 g/mol. The van der Waals surface area contributed by atoms with Gasteiger partial charge in [0.2, 0.25) is 0 Å². The summed E-state index contributed by atoms with van der Waals surface area (Å²) in [5, 5.41) is 0. The van der Waals surface area contributed by atoms with Gasteiger partial charge in [0.1, 0.15) is 12.7 Å². The van der Waals surface area contributed by atoms with Crippen molar-refractivity contribution in [3.63, 3.8) is 0 Å². The average Bonchev–Trinajstić information content (AvgIpc) is 3.06. The zero-order valence-corrected chi connectivity index (χ0v) is 29.6. The fourth-order valence-electron chi connectivity index (χ4n) is 5.02. The number of likely N-dealkylation sites (tertiary alicyclic amines) is 2. The largest absolute Gasteiger partial charge is 0.462 e. The van der Waals surface area contributed by atoms with Gasteiger partial charge in [0, 0.05) is 74.7 Å². The molecule has 2 fully saturated rings. The Morgan fingerprint density at radius 1 is 0.646 bits per heavy atom. The van der Waals surface area contributed by atoms with Crippen LogP contribution in [0.3, 0.4) is 0 Å². The first-order valence-electron chi connectivity index (χ1n) is 16.9. The lowest BCUT2D eigenvalue weighted by atomic mass is 10.0. The fraction of sp³-hybridized carbons (Fsp3) is 0.657. The standard InChI is InChI=1S/C35H56N4O9/c1-7-28(2)47-34(42)14-23-38(30-8-17-36(4)18-9-30)21-12-32(40)45-25-16-29(3)48-35(43)15-24-39(31-10-19-37(5)20-11-31)22-13-33(41)46-27-26-44-6/h12-15,21-24,28-31H,7-11,16-20,25-27H2,1-6H3/b21-12+,22-13+,23-14+,24-15+. The Kier molecular flexibility index (Phi) is 19.2. The number of rotatable bonds is 19. The molecule has 0 aromatic heterocycles. The third-order valence-corrected chi connectivity index (χ3v) is 8.26. The molecule has 2 rings (SSSR count). The second kappa shape index (κ2) is 22.8. The highest BCUT2D eigenvalue weighted by Gasteiger charge is 2.22. The van der Waals surface area contributed by atoms with E-state index in [4.69, 9.17) is 23.7 Å². The number of nitrogens with zero attached hydrogens (tertiary/aromatic N) is 4. The van der Waals surface area contributed by atoms with E-state index in [1.807, 2.05) is 23.6 Å². The maximum Gasteiger partial charge on any atom is 0.332 e. The van der Waals surface area contributed by atoms with E-state index in [1.165, 1.54) is 31.4 Å². The number of hydrogen-bond acceptors (Lipinski definition) is 13. The second-order valence-electron chi connectivity index (χ2n) is 12.2. The molecular weight excluding hydrogens is 620 g/mol. The molecule has 0 N–H and O–H groups in total. The summed E-state index contributed by atoms with van der Waals surface area (Å²) in [6.07, 6.45) is 15.7. The average molecular weight is 677 g/mol. The summed E-state index contributed by atoms with van der Waals surface area (Å²) in [5.41, 5.74) is 0. The number of piperidine rings is 2. The Balaban J connectivity index is 1.87. The summed E-state index contributed by atoms with van der Waals surface area (Å²) < 4.78 is 26.2. The maximum atomic E-state index is 12.6. The molecule has 13 nitrogen and oxygen atoms in total. The van der Waals surface area contributed by atoms with Gasteiger partial charge in [-0.2, -0.15) is 0 Å². The molecule has 2 saturated heterocycles. The van der Waals surface area contributed by atoms with E-state index in [2.05, 4.69) is 23.9 Å². The van der Waals surface area contributed by atoms with Crippen LogP contribution in [0.2, 0.25) is 0 Å². The molecule has 2 aliphatic rings. The summed E-state index contributed by atoms with van der Waals surface area (Å²) in [7, 11) is 5.66. The van der Waals surface area contributed by atoms with Gasteiger partial charge in [-0.3, -0.25) is 0 Å². The highest BCUT2D eigenvalue weighted by molar-refractivity contribution is 5.83. The van der Waals surface area contributed by atoms with Gasteiger partial charge in [-0.1, -0.05) is 6.92 Å². The summed E-state index contributed by atoms with van der Waals surface area (Å²) in [6, 6.07) is 0.244. The molecule has 0 aliphatic carbocycles. The van der Waals surface area contributed by atoms with Crippen LogP contribution in [0.5, 0.6) is 0 Å². The number of esters is 4. The highest BCUT2D eigenvalue weighted by atomic mass is 16.6. The number of carbonyl (C=O) groups is 4. The van der Waals surface area contributed by atoms with Gasteiger partial charge in [0.05, 0.1) is 19.3 Å². The quantitative estimate of drug-likeness (QED) is 0.0861. The Hall–Kier alpha value is -3.68. The Labute approximate surface area is 286 Å². The topological polar surface area (TPSA) is 127 Å². The molecule has 2 heterocycles. The van der Waals surface area contributed by atoms with Gasteiger partial charge >= 0.3 is 23.9 Å². The molecule has 0 saturated carbocycles. The molecule has 48 heavy (non-hydrogen) atoms. The summed E-state index contributed by atoms with van der Waals surface area (Å²) in [5.74, 6) is -2.01. The smallest absolute Gasteiger partial charge is 0.332 e. The van der Waals surface area contributed by atoms with Crippen molar-refractivity contribution >= 4 is 23.9 Å². The molecule has 2 atom stereocenters. The van der Waals surface area contributed by atoms with Crippen LogP contribution in [0, 0.1) is 0 Å². The van der Waals surface area contributed by atoms with Crippen molar-refractivity contribution in [2.45, 2.75) is 83.6 Å². The van der Waals surface area contributed by atoms with Crippen LogP contribution in [0.1, 0.15) is 59.3 Å². The minimum atomic E-state index is -0.546. The Morgan fingerprint density at radius 3 is 1.46 bits per heavy atom. The van der Waals surface area contributed by atoms with Crippen LogP contribution in [-0.4, -0.2) is 135 Å². The molecule has 270 valence electrons. The molecule has 0 bridgehead atoms. The van der Waals surface area contributed by atoms with Gasteiger partial charge in [0.15, 0.2) is 0 Å². The number of methoxy groups -OCH3 is 1. The number of carbonyl (C=O) groups excluding carboxylic acids is 4. The number of hydrogen-bond donors (Lipinski definition) is 0. The van der Waals surface area contributed by atoms with Crippen molar-refractivity contribution in [3.05, 3.63) is 49.1 Å². The van der Waals surface area contributed by atoms with E-state index in [0.717, 1.165) is 58.3 Å². The van der Waals surface area contributed by atoms with Crippen molar-refractivity contribution in [1.29, 1.82) is 0 Å². The van der Waals surface area contributed by atoms with E-state index >= 15 is 0 Å². The Morgan fingerprint density at radius 2 is 1.04 bits per heavy atom. The van der Waals surface area contributed by atoms with Gasteiger partial charge in [0.25, 0.3) is 0 Å². The molecule has 2 unspecified atom stereocenters. The third kappa shape index (κ3) is 16.9. The lowest BCUT2D eigenvalue weighted by Crippen LogP contribution is -2.39. The highest BCUT2D eigenvalue weighted by Crippen LogP contribution is 2.18. The van der Waals surface area contributed by atoms with E-state index in [9.17, 15) is 19.2 Å². The van der Waals surface area contributed by atoms with Gasteiger partial charge in [-0.05, 0) is 86.2 Å². The fourth-order valence-corrected chi connectivity index (χ4v) is 5.02. The summed E-state index contributed by atoms with van der Waals surface area (Å²) in [6.45, 7) is 9.66. The van der Waals surface area contributed by atoms with Crippen molar-refractivity contribution in [1.82, 2.24) is 19.6 Å². The van der Waals surface area contributed by atoms with Crippen LogP contribution in [0.15, 0.2) is 49.1 Å². The van der Waals surface area contributed by atoms with Crippen molar-refractivity contribution in [3.8, 4) is 0 Å². The van der Waals surface area contributed by atoms with Gasteiger partial charge < -0.3 is 43.3 Å². The predicted octanol–water partition coefficient (Wildman–Crippen LogP) is 3.23. The number of ether oxygens (including phenoxy) is 5. The second-order valence-corrected chi connectivity index (χ2v) is 12.2. The van der Waals surface area contributed by atoms with Crippen LogP contribution in [0.25, 0.3) is 0 Å². The lowest BCUT2D eigenvalue weighted by molar-refractivity contribution is -0.145. The molecule has 0 aromatic rings. The van der Waals surface area contributed by atoms with Crippen molar-refractivity contribution < 1.29 is 42.9 Å². The normalized spacial score (nSPS) is 18.4. The zero-order valence-electron chi connectivity index (χ0n) is 29.6. The van der Waals surface area contributed by atoms with E-state index in [-0.39, 0.29) is 31.4 Å². The van der Waals surface area contributed by atoms with E-state index < -0.39 is 30.0 Å². The van der Waals surface area contributed by atoms with Crippen LogP contribution in [0.4, 0.5) is 0 Å². The predicted molar refractivity (Wildman–Crippen MR) is 181 cm³/mol. The minimum absolute atomic E-state index is 0.0578. The minimum Gasteiger partial charge on any atom is -0.462 e. The van der Waals surface area contributed by atoms with Crippen LogP contribution < -0.4 is 0 Å². The van der Waals surface area contributed by atoms with Gasteiger partial charge in [-0.25, -0.2) is 19.2 Å². The van der Waals surface area contributed by atoms with E-state index in [1.54, 1.807) is 31.7 Å². The summed E-state index contributed by atoms with van der Waals surface area (Å²) >= 11 is 0. The first kappa shape index (κ1) is 40.5. The molecule has 0 spiro atoms. The molecule has 13 heteroatoms. The molecular formula is C35H56N4O9. The van der Waals surface area contributed by atoms with E-state index in [0.29, 0.717) is 13.0 Å². The summed E-state index contributed by atoms with van der Waals surface area (Å²) in [4.78, 5) is 57.5. The first-order chi connectivity index (χ1) is 23.0. The molecule has 0 amide bonds. The van der Waals surface area contributed by atoms with Crippen LogP contribution >= 0.6 is 0 Å². The lowest BCUT2D eigenvalue weighted by Gasteiger charge is -2.34. The first-order valence-corrected chi connectivity index (χ1v) is 16.9.